The van der Waals surface area contributed by atoms with Gasteiger partial charge in [0.05, 0.1) is 11.5 Å². The number of rotatable bonds is 6. The first-order valence-corrected chi connectivity index (χ1v) is 9.65. The van der Waals surface area contributed by atoms with Gasteiger partial charge < -0.3 is 14.4 Å². The molecule has 1 fully saturated rings. The molecule has 1 atom stereocenters. The fourth-order valence-electron chi connectivity index (χ4n) is 3.61. The Balaban J connectivity index is 1.38. The summed E-state index contributed by atoms with van der Waals surface area (Å²) >= 11 is 0. The summed E-state index contributed by atoms with van der Waals surface area (Å²) in [6.07, 6.45) is 0.967. The summed E-state index contributed by atoms with van der Waals surface area (Å²) in [5.74, 6) is 0.547. The largest absolute Gasteiger partial charge is 0.478 e. The van der Waals surface area contributed by atoms with Crippen molar-refractivity contribution in [3.05, 3.63) is 65.5 Å². The van der Waals surface area contributed by atoms with Crippen molar-refractivity contribution < 1.29 is 14.3 Å². The molecule has 1 N–H and O–H groups in total. The maximum Gasteiger partial charge on any atom is 0.335 e. The number of carbonyl (C=O) groups is 1. The molecule has 7 nitrogen and oxygen atoms in total. The summed E-state index contributed by atoms with van der Waals surface area (Å²) in [4.78, 5) is 15.3. The van der Waals surface area contributed by atoms with Gasteiger partial charge in [0.15, 0.2) is 0 Å². The van der Waals surface area contributed by atoms with Gasteiger partial charge in [-0.25, -0.2) is 4.79 Å². The van der Waals surface area contributed by atoms with Gasteiger partial charge >= 0.3 is 5.97 Å². The number of aromatic nitrogens is 2. The van der Waals surface area contributed by atoms with Crippen molar-refractivity contribution >= 4 is 11.7 Å². The Morgan fingerprint density at radius 2 is 1.86 bits per heavy atom. The second kappa shape index (κ2) is 8.05. The first kappa shape index (κ1) is 19.1. The van der Waals surface area contributed by atoms with Crippen LogP contribution in [0, 0.1) is 0 Å². The van der Waals surface area contributed by atoms with Gasteiger partial charge in [0.1, 0.15) is 0 Å². The Labute approximate surface area is 169 Å². The van der Waals surface area contributed by atoms with E-state index in [2.05, 4.69) is 15.1 Å². The van der Waals surface area contributed by atoms with Gasteiger partial charge in [-0.1, -0.05) is 12.1 Å². The second-order valence-electron chi connectivity index (χ2n) is 7.61. The molecule has 1 saturated heterocycles. The maximum absolute atomic E-state index is 11.0. The van der Waals surface area contributed by atoms with E-state index in [-0.39, 0.29) is 5.92 Å². The SMILES string of the molecule is CN(C)c1ccc(-c2nnc([C@H]3CCN(Cc4ccc(C(=O)O)cc4)C3)o2)cc1. The van der Waals surface area contributed by atoms with Gasteiger partial charge in [0.2, 0.25) is 11.8 Å². The van der Waals surface area contributed by atoms with Crippen molar-refractivity contribution in [2.75, 3.05) is 32.1 Å². The summed E-state index contributed by atoms with van der Waals surface area (Å²) in [5, 5.41) is 17.5. The molecule has 1 aliphatic rings. The van der Waals surface area contributed by atoms with E-state index in [9.17, 15) is 4.79 Å². The van der Waals surface area contributed by atoms with E-state index in [4.69, 9.17) is 9.52 Å². The normalized spacial score (nSPS) is 16.8. The molecule has 0 spiro atoms. The Bertz CT molecular complexity index is 980. The highest BCUT2D eigenvalue weighted by Crippen LogP contribution is 2.30. The first-order valence-electron chi connectivity index (χ1n) is 9.65. The number of carboxylic acids is 1. The van der Waals surface area contributed by atoms with Crippen LogP contribution in [0.1, 0.15) is 34.2 Å². The molecule has 0 aliphatic carbocycles. The van der Waals surface area contributed by atoms with Gasteiger partial charge in [-0.3, -0.25) is 4.90 Å². The third kappa shape index (κ3) is 4.30. The third-order valence-corrected chi connectivity index (χ3v) is 5.30. The lowest BCUT2D eigenvalue weighted by Gasteiger charge is -2.15. The second-order valence-corrected chi connectivity index (χ2v) is 7.61. The predicted octanol–water partition coefficient (Wildman–Crippen LogP) is 3.49. The highest BCUT2D eigenvalue weighted by molar-refractivity contribution is 5.87. The number of likely N-dealkylation sites (tertiary alicyclic amines) is 1. The lowest BCUT2D eigenvalue weighted by atomic mass is 10.1. The zero-order valence-electron chi connectivity index (χ0n) is 16.6. The van der Waals surface area contributed by atoms with Crippen LogP contribution in [0.4, 0.5) is 5.69 Å². The Hall–Kier alpha value is -3.19. The smallest absolute Gasteiger partial charge is 0.335 e. The van der Waals surface area contributed by atoms with E-state index in [1.165, 1.54) is 0 Å². The summed E-state index contributed by atoms with van der Waals surface area (Å²) in [6.45, 7) is 2.58. The fraction of sp³-hybridized carbons (Fsp3) is 0.318. The molecule has 0 amide bonds. The minimum absolute atomic E-state index is 0.218. The van der Waals surface area contributed by atoms with Crippen molar-refractivity contribution in [3.8, 4) is 11.5 Å². The highest BCUT2D eigenvalue weighted by Gasteiger charge is 2.28. The molecular weight excluding hydrogens is 368 g/mol. The zero-order chi connectivity index (χ0) is 20.4. The zero-order valence-corrected chi connectivity index (χ0v) is 16.6. The van der Waals surface area contributed by atoms with Crippen molar-refractivity contribution in [1.82, 2.24) is 15.1 Å². The van der Waals surface area contributed by atoms with Crippen molar-refractivity contribution in [3.63, 3.8) is 0 Å². The van der Waals surface area contributed by atoms with E-state index in [0.29, 0.717) is 17.3 Å². The van der Waals surface area contributed by atoms with E-state index in [1.807, 2.05) is 55.4 Å². The molecular formula is C22H24N4O3. The molecule has 0 unspecified atom stereocenters. The molecule has 0 saturated carbocycles. The molecule has 1 aliphatic heterocycles. The van der Waals surface area contributed by atoms with Crippen molar-refractivity contribution in [2.45, 2.75) is 18.9 Å². The van der Waals surface area contributed by atoms with Crippen LogP contribution in [-0.4, -0.2) is 53.4 Å². The van der Waals surface area contributed by atoms with Crippen LogP contribution in [-0.2, 0) is 6.54 Å². The topological polar surface area (TPSA) is 82.7 Å². The molecule has 3 aromatic rings. The molecule has 2 heterocycles. The predicted molar refractivity (Wildman–Crippen MR) is 110 cm³/mol. The molecule has 150 valence electrons. The van der Waals surface area contributed by atoms with Gasteiger partial charge in [-0.05, 0) is 54.9 Å². The number of hydrogen-bond donors (Lipinski definition) is 1. The fourth-order valence-corrected chi connectivity index (χ4v) is 3.61. The third-order valence-electron chi connectivity index (χ3n) is 5.30. The number of carboxylic acid groups (broad SMARTS) is 1. The number of aromatic carboxylic acids is 1. The Kier molecular flexibility index (Phi) is 5.31. The molecule has 2 aromatic carbocycles. The monoisotopic (exact) mass is 392 g/mol. The summed E-state index contributed by atoms with van der Waals surface area (Å²) in [6, 6.07) is 15.1. The number of nitrogens with zero attached hydrogens (tertiary/aromatic N) is 4. The van der Waals surface area contributed by atoms with Gasteiger partial charge in [0, 0.05) is 38.4 Å². The summed E-state index contributed by atoms with van der Waals surface area (Å²) in [5.41, 5.74) is 3.45. The molecule has 4 rings (SSSR count). The molecule has 7 heteroatoms. The van der Waals surface area contributed by atoms with E-state index < -0.39 is 5.97 Å². The highest BCUT2D eigenvalue weighted by atomic mass is 16.4. The number of anilines is 1. The quantitative estimate of drug-likeness (QED) is 0.687. The molecule has 0 radical (unpaired) electrons. The molecule has 0 bridgehead atoms. The summed E-state index contributed by atoms with van der Waals surface area (Å²) < 4.78 is 5.97. The van der Waals surface area contributed by atoms with E-state index >= 15 is 0 Å². The van der Waals surface area contributed by atoms with Gasteiger partial charge in [-0.2, -0.15) is 0 Å². The van der Waals surface area contributed by atoms with Crippen molar-refractivity contribution in [2.24, 2.45) is 0 Å². The average molecular weight is 392 g/mol. The van der Waals surface area contributed by atoms with Crippen LogP contribution in [0.15, 0.2) is 52.9 Å². The van der Waals surface area contributed by atoms with Gasteiger partial charge in [0.25, 0.3) is 0 Å². The van der Waals surface area contributed by atoms with Crippen LogP contribution in [0.2, 0.25) is 0 Å². The van der Waals surface area contributed by atoms with E-state index in [1.54, 1.807) is 12.1 Å². The van der Waals surface area contributed by atoms with Crippen LogP contribution in [0.5, 0.6) is 0 Å². The van der Waals surface area contributed by atoms with Crippen LogP contribution in [0.25, 0.3) is 11.5 Å². The van der Waals surface area contributed by atoms with Crippen LogP contribution in [0.3, 0.4) is 0 Å². The Morgan fingerprint density at radius 3 is 2.52 bits per heavy atom. The minimum atomic E-state index is -0.902. The molecule has 29 heavy (non-hydrogen) atoms. The Morgan fingerprint density at radius 1 is 1.14 bits per heavy atom. The molecule has 1 aromatic heterocycles. The minimum Gasteiger partial charge on any atom is -0.478 e. The summed E-state index contributed by atoms with van der Waals surface area (Å²) in [7, 11) is 4.01. The average Bonchev–Trinajstić information content (AvgIpc) is 3.38. The number of hydrogen-bond acceptors (Lipinski definition) is 6. The maximum atomic E-state index is 11.0. The van der Waals surface area contributed by atoms with Crippen molar-refractivity contribution in [1.29, 1.82) is 0 Å². The van der Waals surface area contributed by atoms with Crippen LogP contribution >= 0.6 is 0 Å². The lowest BCUT2D eigenvalue weighted by Crippen LogP contribution is -2.19. The number of benzene rings is 2. The standard InChI is InChI=1S/C22H24N4O3/c1-25(2)19-9-7-16(8-10-19)20-23-24-21(29-20)18-11-12-26(14-18)13-15-3-5-17(6-4-15)22(27)28/h3-10,18H,11-14H2,1-2H3,(H,27,28)/t18-/m0/s1. The first-order chi connectivity index (χ1) is 14.0. The van der Waals surface area contributed by atoms with E-state index in [0.717, 1.165) is 42.9 Å². The van der Waals surface area contributed by atoms with Gasteiger partial charge in [-0.15, -0.1) is 10.2 Å². The van der Waals surface area contributed by atoms with Crippen LogP contribution < -0.4 is 4.90 Å². The lowest BCUT2D eigenvalue weighted by molar-refractivity contribution is 0.0697.